The Morgan fingerprint density at radius 3 is 2.53 bits per heavy atom. The van der Waals surface area contributed by atoms with Gasteiger partial charge in [-0.3, -0.25) is 0 Å². The van der Waals surface area contributed by atoms with E-state index in [9.17, 15) is 13.2 Å². The molecule has 34 heavy (non-hydrogen) atoms. The van der Waals surface area contributed by atoms with Gasteiger partial charge in [-0.1, -0.05) is 59.2 Å². The lowest BCUT2D eigenvalue weighted by molar-refractivity contribution is 0.0238. The van der Waals surface area contributed by atoms with Gasteiger partial charge in [0.05, 0.1) is 5.75 Å². The van der Waals surface area contributed by atoms with E-state index in [-0.39, 0.29) is 38.4 Å². The molecule has 0 unspecified atom stereocenters. The molecule has 11 heteroatoms. The zero-order valence-electron chi connectivity index (χ0n) is 19.6. The van der Waals surface area contributed by atoms with Crippen molar-refractivity contribution in [3.63, 3.8) is 0 Å². The molecule has 0 fully saturated rings. The largest absolute Gasteiger partial charge is 0.444 e. The van der Waals surface area contributed by atoms with Gasteiger partial charge in [0, 0.05) is 41.7 Å². The molecule has 184 valence electrons. The maximum Gasteiger partial charge on any atom is 0.410 e. The Morgan fingerprint density at radius 1 is 1.21 bits per heavy atom. The van der Waals surface area contributed by atoms with E-state index in [0.29, 0.717) is 5.02 Å². The zero-order chi connectivity index (χ0) is 25.2. The number of sulfonamides is 1. The average molecular weight is 508 g/mol. The van der Waals surface area contributed by atoms with Gasteiger partial charge in [-0.15, -0.1) is 0 Å². The third-order valence-electron chi connectivity index (χ3n) is 4.58. The number of hydrogen-bond donors (Lipinski definition) is 1. The summed E-state index contributed by atoms with van der Waals surface area (Å²) in [6, 6.07) is 15.3. The maximum absolute atomic E-state index is 12.8. The topological polar surface area (TPSA) is 124 Å². The van der Waals surface area contributed by atoms with E-state index in [2.05, 4.69) is 14.7 Å². The number of amides is 1. The second kappa shape index (κ2) is 12.6. The zero-order valence-corrected chi connectivity index (χ0v) is 21.1. The number of carbonyl (C=O) groups is 1. The third kappa shape index (κ3) is 9.61. The van der Waals surface area contributed by atoms with Gasteiger partial charge in [0.1, 0.15) is 5.60 Å². The molecule has 0 bridgehead atoms. The van der Waals surface area contributed by atoms with Crippen LogP contribution in [0.25, 0.3) is 21.6 Å². The normalized spacial score (nSPS) is 11.5. The lowest BCUT2D eigenvalue weighted by Crippen LogP contribution is -2.41. The van der Waals surface area contributed by atoms with Crippen LogP contribution in [0.4, 0.5) is 4.79 Å². The van der Waals surface area contributed by atoms with E-state index in [1.165, 1.54) is 4.90 Å². The first-order chi connectivity index (χ1) is 16.0. The summed E-state index contributed by atoms with van der Waals surface area (Å²) in [5.41, 5.74) is 10.2. The highest BCUT2D eigenvalue weighted by atomic mass is 35.5. The van der Waals surface area contributed by atoms with Gasteiger partial charge in [0.25, 0.3) is 0 Å². The molecule has 0 saturated heterocycles. The molecule has 0 radical (unpaired) electrons. The molecule has 2 aromatic rings. The van der Waals surface area contributed by atoms with Crippen LogP contribution in [0.2, 0.25) is 5.02 Å². The number of carbonyl (C=O) groups excluding carboxylic acids is 1. The van der Waals surface area contributed by atoms with E-state index >= 15 is 0 Å². The van der Waals surface area contributed by atoms with E-state index in [1.807, 2.05) is 42.5 Å². The van der Waals surface area contributed by atoms with Crippen molar-refractivity contribution < 1.29 is 17.9 Å². The fourth-order valence-corrected chi connectivity index (χ4v) is 4.44. The monoisotopic (exact) mass is 507 g/mol. The fraction of sp³-hybridized carbons (Fsp3) is 0.435. The average Bonchev–Trinajstić information content (AvgIpc) is 2.75. The van der Waals surface area contributed by atoms with Crippen LogP contribution in [0.1, 0.15) is 32.8 Å². The van der Waals surface area contributed by atoms with Crippen molar-refractivity contribution in [1.29, 1.82) is 0 Å². The number of benzene rings is 2. The summed E-state index contributed by atoms with van der Waals surface area (Å²) in [5, 5.41) is 3.88. The SMILES string of the molecule is CC(C)(C)OC(=O)N(CCNS(=O)(=O)CCCN=[N+]=[N-])Cc1ccc(-c2ccccc2)c(Cl)c1. The predicted octanol–water partition coefficient (Wildman–Crippen LogP) is 5.36. The summed E-state index contributed by atoms with van der Waals surface area (Å²) in [7, 11) is -3.57. The number of nitrogens with zero attached hydrogens (tertiary/aromatic N) is 4. The first-order valence-electron chi connectivity index (χ1n) is 10.8. The first kappa shape index (κ1) is 27.5. The van der Waals surface area contributed by atoms with Gasteiger partial charge in [0.2, 0.25) is 10.0 Å². The molecule has 2 aromatic carbocycles. The molecular formula is C23H30ClN5O4S. The van der Waals surface area contributed by atoms with E-state index in [4.69, 9.17) is 21.9 Å². The summed E-state index contributed by atoms with van der Waals surface area (Å²) >= 11 is 6.51. The Labute approximate surface area is 205 Å². The first-order valence-corrected chi connectivity index (χ1v) is 12.8. The van der Waals surface area contributed by atoms with E-state index in [0.717, 1.165) is 16.7 Å². The van der Waals surface area contributed by atoms with Crippen LogP contribution < -0.4 is 4.72 Å². The number of halogens is 1. The summed E-state index contributed by atoms with van der Waals surface area (Å²) < 4.78 is 32.3. The lowest BCUT2D eigenvalue weighted by atomic mass is 10.0. The van der Waals surface area contributed by atoms with Crippen molar-refractivity contribution in [3.8, 4) is 11.1 Å². The molecule has 1 amide bonds. The number of hydrogen-bond acceptors (Lipinski definition) is 5. The Hall–Kier alpha value is -2.78. The van der Waals surface area contributed by atoms with Gasteiger partial charge in [-0.2, -0.15) is 0 Å². The highest BCUT2D eigenvalue weighted by Gasteiger charge is 2.23. The van der Waals surface area contributed by atoms with Gasteiger partial charge < -0.3 is 9.64 Å². The maximum atomic E-state index is 12.8. The molecule has 1 N–H and O–H groups in total. The fourth-order valence-electron chi connectivity index (χ4n) is 3.07. The van der Waals surface area contributed by atoms with Gasteiger partial charge in [-0.05, 0) is 49.9 Å². The van der Waals surface area contributed by atoms with E-state index < -0.39 is 21.7 Å². The van der Waals surface area contributed by atoms with Gasteiger partial charge in [-0.25, -0.2) is 17.9 Å². The molecule has 0 spiro atoms. The van der Waals surface area contributed by atoms with Crippen molar-refractivity contribution in [2.45, 2.75) is 39.3 Å². The summed E-state index contributed by atoms with van der Waals surface area (Å²) in [6.07, 6.45) is -0.347. The molecular weight excluding hydrogens is 478 g/mol. The number of nitrogens with one attached hydrogen (secondary N) is 1. The van der Waals surface area contributed by atoms with Crippen LogP contribution in [0, 0.1) is 0 Å². The molecule has 0 atom stereocenters. The highest BCUT2D eigenvalue weighted by molar-refractivity contribution is 7.89. The van der Waals surface area contributed by atoms with Gasteiger partial charge in [0.15, 0.2) is 0 Å². The minimum Gasteiger partial charge on any atom is -0.444 e. The second-order valence-electron chi connectivity index (χ2n) is 8.60. The molecule has 9 nitrogen and oxygen atoms in total. The number of rotatable bonds is 11. The van der Waals surface area contributed by atoms with Gasteiger partial charge >= 0.3 is 6.09 Å². The van der Waals surface area contributed by atoms with Crippen molar-refractivity contribution in [2.24, 2.45) is 5.11 Å². The van der Waals surface area contributed by atoms with Crippen molar-refractivity contribution in [1.82, 2.24) is 9.62 Å². The Bertz CT molecular complexity index is 1110. The predicted molar refractivity (Wildman–Crippen MR) is 134 cm³/mol. The van der Waals surface area contributed by atoms with Crippen molar-refractivity contribution >= 4 is 27.7 Å². The Kier molecular flexibility index (Phi) is 10.2. The molecule has 0 heterocycles. The minimum atomic E-state index is -3.57. The highest BCUT2D eigenvalue weighted by Crippen LogP contribution is 2.29. The molecule has 0 aliphatic rings. The van der Waals surface area contributed by atoms with Crippen LogP contribution >= 0.6 is 11.6 Å². The van der Waals surface area contributed by atoms with Crippen LogP contribution in [0.15, 0.2) is 53.6 Å². The minimum absolute atomic E-state index is 0.0128. The Morgan fingerprint density at radius 2 is 1.91 bits per heavy atom. The number of azide groups is 1. The van der Waals surface area contributed by atoms with Crippen LogP contribution in [-0.2, 0) is 21.3 Å². The van der Waals surface area contributed by atoms with Crippen LogP contribution in [-0.4, -0.2) is 50.4 Å². The van der Waals surface area contributed by atoms with Crippen molar-refractivity contribution in [2.75, 3.05) is 25.4 Å². The van der Waals surface area contributed by atoms with Crippen LogP contribution in [0.5, 0.6) is 0 Å². The smallest absolute Gasteiger partial charge is 0.410 e. The second-order valence-corrected chi connectivity index (χ2v) is 10.9. The Balaban J connectivity index is 2.09. The third-order valence-corrected chi connectivity index (χ3v) is 6.36. The molecule has 0 aromatic heterocycles. The molecule has 0 aliphatic carbocycles. The summed E-state index contributed by atoms with van der Waals surface area (Å²) in [5.74, 6) is -0.172. The molecule has 2 rings (SSSR count). The lowest BCUT2D eigenvalue weighted by Gasteiger charge is -2.27. The standard InChI is InChI=1S/C23H30ClN5O4S/c1-23(2,3)33-22(30)29(14-13-27-34(31,32)15-7-12-26-28-25)17-18-10-11-20(21(24)16-18)19-8-5-4-6-9-19/h4-6,8-11,16,27H,7,12-15,17H2,1-3H3. The molecule has 0 saturated carbocycles. The van der Waals surface area contributed by atoms with E-state index in [1.54, 1.807) is 26.8 Å². The van der Waals surface area contributed by atoms with Crippen molar-refractivity contribution in [3.05, 3.63) is 69.6 Å². The molecule has 0 aliphatic heterocycles. The summed E-state index contributed by atoms with van der Waals surface area (Å²) in [6.45, 7) is 5.70. The summed E-state index contributed by atoms with van der Waals surface area (Å²) in [4.78, 5) is 16.8. The van der Waals surface area contributed by atoms with Crippen LogP contribution in [0.3, 0.4) is 0 Å². The number of ether oxygens (including phenoxy) is 1. The quantitative estimate of drug-likeness (QED) is 0.190.